The average molecular weight is 315 g/mol. The summed E-state index contributed by atoms with van der Waals surface area (Å²) in [6.45, 7) is 1.52. The molecule has 0 spiro atoms. The van der Waals surface area contributed by atoms with Gasteiger partial charge in [0.05, 0.1) is 17.6 Å². The van der Waals surface area contributed by atoms with E-state index in [1.54, 1.807) is 19.1 Å². The van der Waals surface area contributed by atoms with Gasteiger partial charge in [-0.1, -0.05) is 0 Å². The van der Waals surface area contributed by atoms with Crippen LogP contribution in [0.2, 0.25) is 0 Å². The molecule has 2 rings (SSSR count). The maximum Gasteiger partial charge on any atom is 0.329 e. The maximum atomic E-state index is 12.4. The molecule has 1 fully saturated rings. The molecule has 0 bridgehead atoms. The van der Waals surface area contributed by atoms with Crippen LogP contribution in [0.3, 0.4) is 0 Å². The van der Waals surface area contributed by atoms with Crippen LogP contribution in [-0.2, 0) is 19.6 Å². The van der Waals surface area contributed by atoms with Crippen LogP contribution in [0.4, 0.5) is 0 Å². The van der Waals surface area contributed by atoms with Crippen molar-refractivity contribution in [3.8, 4) is 5.75 Å². The van der Waals surface area contributed by atoms with E-state index in [1.165, 1.54) is 23.5 Å². The van der Waals surface area contributed by atoms with Crippen LogP contribution in [0.1, 0.15) is 6.92 Å². The number of ether oxygens (including phenoxy) is 2. The van der Waals surface area contributed by atoms with Crippen molar-refractivity contribution in [2.24, 2.45) is 0 Å². The minimum absolute atomic E-state index is 0.134. The van der Waals surface area contributed by atoms with Crippen LogP contribution in [0.15, 0.2) is 29.2 Å². The quantitative estimate of drug-likeness (QED) is 0.824. The van der Waals surface area contributed by atoms with Gasteiger partial charge >= 0.3 is 5.97 Å². The fraction of sp³-hybridized carbons (Fsp3) is 0.462. The molecule has 7 nitrogen and oxygen atoms in total. The van der Waals surface area contributed by atoms with Gasteiger partial charge in [-0.2, -0.15) is 4.31 Å². The standard InChI is InChI=1S/C13H17NO6S/c1-13(20-7-12(15)16)8-14(9-13)21(17,18)11-5-3-10(19-2)4-6-11/h3-6H,7-9H2,1-2H3,(H,15,16). The second-order valence-corrected chi connectivity index (χ2v) is 7.02. The number of carboxylic acids is 1. The molecule has 0 aromatic heterocycles. The first-order valence-corrected chi connectivity index (χ1v) is 7.71. The summed E-state index contributed by atoms with van der Waals surface area (Å²) < 4.78 is 36.2. The zero-order valence-electron chi connectivity index (χ0n) is 11.8. The lowest BCUT2D eigenvalue weighted by molar-refractivity contribution is -0.157. The number of methoxy groups -OCH3 is 1. The van der Waals surface area contributed by atoms with E-state index in [-0.39, 0.29) is 18.0 Å². The van der Waals surface area contributed by atoms with Crippen molar-refractivity contribution < 1.29 is 27.8 Å². The number of benzene rings is 1. The molecular weight excluding hydrogens is 298 g/mol. The van der Waals surface area contributed by atoms with E-state index in [0.717, 1.165) is 0 Å². The van der Waals surface area contributed by atoms with Gasteiger partial charge in [0.25, 0.3) is 0 Å². The highest BCUT2D eigenvalue weighted by molar-refractivity contribution is 7.89. The fourth-order valence-corrected chi connectivity index (χ4v) is 3.76. The molecule has 116 valence electrons. The molecule has 1 aromatic carbocycles. The van der Waals surface area contributed by atoms with Crippen molar-refractivity contribution in [3.63, 3.8) is 0 Å². The van der Waals surface area contributed by atoms with E-state index in [1.807, 2.05) is 0 Å². The van der Waals surface area contributed by atoms with Crippen LogP contribution in [0.5, 0.6) is 5.75 Å². The van der Waals surface area contributed by atoms with Crippen molar-refractivity contribution in [1.29, 1.82) is 0 Å². The molecule has 1 N–H and O–H groups in total. The van der Waals surface area contributed by atoms with Gasteiger partial charge in [-0.3, -0.25) is 0 Å². The van der Waals surface area contributed by atoms with Gasteiger partial charge in [0.1, 0.15) is 12.4 Å². The fourth-order valence-electron chi connectivity index (χ4n) is 2.09. The van der Waals surface area contributed by atoms with Gasteiger partial charge in [0.2, 0.25) is 10.0 Å². The molecule has 1 aliphatic heterocycles. The molecule has 0 aliphatic carbocycles. The van der Waals surface area contributed by atoms with E-state index in [9.17, 15) is 13.2 Å². The lowest BCUT2D eigenvalue weighted by Gasteiger charge is -2.46. The summed E-state index contributed by atoms with van der Waals surface area (Å²) in [5.74, 6) is -0.500. The van der Waals surface area contributed by atoms with E-state index < -0.39 is 28.2 Å². The minimum atomic E-state index is -3.59. The minimum Gasteiger partial charge on any atom is -0.497 e. The van der Waals surface area contributed by atoms with Gasteiger partial charge in [-0.25, -0.2) is 13.2 Å². The third kappa shape index (κ3) is 3.34. The van der Waals surface area contributed by atoms with E-state index in [4.69, 9.17) is 14.6 Å². The largest absolute Gasteiger partial charge is 0.497 e. The van der Waals surface area contributed by atoms with Crippen LogP contribution >= 0.6 is 0 Å². The third-order valence-corrected chi connectivity index (χ3v) is 5.07. The molecule has 0 amide bonds. The van der Waals surface area contributed by atoms with Crippen LogP contribution < -0.4 is 4.74 Å². The number of sulfonamides is 1. The topological polar surface area (TPSA) is 93.1 Å². The number of carboxylic acid groups (broad SMARTS) is 1. The first kappa shape index (κ1) is 15.7. The predicted molar refractivity (Wildman–Crippen MR) is 73.7 cm³/mol. The summed E-state index contributed by atoms with van der Waals surface area (Å²) in [5, 5.41) is 8.58. The lowest BCUT2D eigenvalue weighted by atomic mass is 10.0. The van der Waals surface area contributed by atoms with E-state index in [2.05, 4.69) is 0 Å². The second kappa shape index (κ2) is 5.63. The first-order chi connectivity index (χ1) is 9.77. The molecule has 1 aliphatic rings. The molecule has 8 heteroatoms. The molecule has 0 radical (unpaired) electrons. The summed E-state index contributed by atoms with van der Waals surface area (Å²) >= 11 is 0. The number of rotatable bonds is 6. The number of hydrogen-bond acceptors (Lipinski definition) is 5. The summed E-state index contributed by atoms with van der Waals surface area (Å²) in [4.78, 5) is 10.6. The Morgan fingerprint density at radius 1 is 1.33 bits per heavy atom. The van der Waals surface area contributed by atoms with E-state index in [0.29, 0.717) is 5.75 Å². The Labute approximate surface area is 123 Å². The SMILES string of the molecule is COc1ccc(S(=O)(=O)N2CC(C)(OCC(=O)O)C2)cc1. The molecule has 1 aromatic rings. The van der Waals surface area contributed by atoms with Crippen molar-refractivity contribution in [2.45, 2.75) is 17.4 Å². The van der Waals surface area contributed by atoms with Gasteiger partial charge in [0, 0.05) is 13.1 Å². The zero-order chi connectivity index (χ0) is 15.7. The molecule has 1 saturated heterocycles. The highest BCUT2D eigenvalue weighted by atomic mass is 32.2. The van der Waals surface area contributed by atoms with Crippen LogP contribution in [-0.4, -0.2) is 56.2 Å². The number of carbonyl (C=O) groups is 1. The van der Waals surface area contributed by atoms with Crippen LogP contribution in [0.25, 0.3) is 0 Å². The summed E-state index contributed by atoms with van der Waals surface area (Å²) in [5.41, 5.74) is -0.752. The highest BCUT2D eigenvalue weighted by Crippen LogP contribution is 2.31. The zero-order valence-corrected chi connectivity index (χ0v) is 12.6. The van der Waals surface area contributed by atoms with Crippen molar-refractivity contribution in [1.82, 2.24) is 4.31 Å². The number of nitrogens with zero attached hydrogens (tertiary/aromatic N) is 1. The van der Waals surface area contributed by atoms with Gasteiger partial charge in [0.15, 0.2) is 0 Å². The first-order valence-electron chi connectivity index (χ1n) is 6.27. The normalized spacial score (nSPS) is 18.0. The Morgan fingerprint density at radius 3 is 2.38 bits per heavy atom. The Kier molecular flexibility index (Phi) is 4.22. The van der Waals surface area contributed by atoms with E-state index >= 15 is 0 Å². The van der Waals surface area contributed by atoms with Gasteiger partial charge in [-0.15, -0.1) is 0 Å². The summed E-state index contributed by atoms with van der Waals surface area (Å²) in [6.07, 6.45) is 0. The Morgan fingerprint density at radius 2 is 1.90 bits per heavy atom. The molecule has 0 unspecified atom stereocenters. The molecular formula is C13H17NO6S. The van der Waals surface area contributed by atoms with Crippen molar-refractivity contribution in [3.05, 3.63) is 24.3 Å². The molecule has 0 saturated carbocycles. The Balaban J connectivity index is 2.04. The second-order valence-electron chi connectivity index (χ2n) is 5.08. The van der Waals surface area contributed by atoms with Crippen molar-refractivity contribution >= 4 is 16.0 Å². The van der Waals surface area contributed by atoms with Crippen LogP contribution in [0, 0.1) is 0 Å². The maximum absolute atomic E-state index is 12.4. The third-order valence-electron chi connectivity index (χ3n) is 3.26. The van der Waals surface area contributed by atoms with Gasteiger partial charge in [-0.05, 0) is 31.2 Å². The number of hydrogen-bond donors (Lipinski definition) is 1. The van der Waals surface area contributed by atoms with Crippen molar-refractivity contribution in [2.75, 3.05) is 26.8 Å². The predicted octanol–water partition coefficient (Wildman–Crippen LogP) is 0.559. The summed E-state index contributed by atoms with van der Waals surface area (Å²) in [7, 11) is -2.08. The van der Waals surface area contributed by atoms with Gasteiger partial charge < -0.3 is 14.6 Å². The molecule has 0 atom stereocenters. The monoisotopic (exact) mass is 315 g/mol. The number of aliphatic carboxylic acids is 1. The Bertz CT molecular complexity index is 619. The molecule has 1 heterocycles. The average Bonchev–Trinajstić information content (AvgIpc) is 2.42. The Hall–Kier alpha value is -1.64. The lowest BCUT2D eigenvalue weighted by Crippen LogP contribution is -2.63. The highest BCUT2D eigenvalue weighted by Gasteiger charge is 2.46. The summed E-state index contributed by atoms with van der Waals surface area (Å²) in [6, 6.07) is 6.10. The molecule has 21 heavy (non-hydrogen) atoms. The smallest absolute Gasteiger partial charge is 0.329 e.